The molecule has 0 saturated heterocycles. The number of fused-ring (bicyclic) bond motifs is 11. The number of rotatable bonds is 1. The fraction of sp³-hybridized carbons (Fsp3) is 0.0811. The third kappa shape index (κ3) is 2.73. The fourth-order valence-corrected chi connectivity index (χ4v) is 8.82. The second-order valence-corrected chi connectivity index (χ2v) is 12.7. The van der Waals surface area contributed by atoms with E-state index in [1.165, 1.54) is 64.5 Å². The van der Waals surface area contributed by atoms with Crippen molar-refractivity contribution in [1.82, 2.24) is 14.5 Å². The van der Waals surface area contributed by atoms with Gasteiger partial charge in [-0.3, -0.25) is 0 Å². The molecule has 0 amide bonds. The molecule has 0 spiro atoms. The summed E-state index contributed by atoms with van der Waals surface area (Å²) in [4.78, 5) is 12.0. The number of para-hydroxylation sites is 2. The van der Waals surface area contributed by atoms with Crippen LogP contribution in [0.5, 0.6) is 0 Å². The molecule has 2 aliphatic rings. The summed E-state index contributed by atoms with van der Waals surface area (Å²) < 4.78 is 3.87. The van der Waals surface area contributed by atoms with Gasteiger partial charge in [0.1, 0.15) is 5.52 Å². The van der Waals surface area contributed by atoms with Crippen LogP contribution in [0.4, 0.5) is 0 Å². The van der Waals surface area contributed by atoms with Crippen LogP contribution in [0.25, 0.3) is 76.7 Å². The quantitative estimate of drug-likeness (QED) is 0.207. The summed E-state index contributed by atoms with van der Waals surface area (Å²) in [5, 5.41) is 5.07. The Morgan fingerprint density at radius 2 is 1.49 bits per heavy atom. The Hall–Kier alpha value is -4.80. The zero-order valence-corrected chi connectivity index (χ0v) is 23.2. The minimum atomic E-state index is -0.245. The van der Waals surface area contributed by atoms with E-state index in [1.807, 2.05) is 17.4 Å². The highest BCUT2D eigenvalue weighted by molar-refractivity contribution is 7.19. The first kappa shape index (κ1) is 22.0. The van der Waals surface area contributed by atoms with E-state index in [-0.39, 0.29) is 5.54 Å². The smallest absolute Gasteiger partial charge is 0.161 e. The highest BCUT2D eigenvalue weighted by atomic mass is 32.1. The largest absolute Gasteiger partial charge is 0.313 e. The molecule has 0 saturated carbocycles. The van der Waals surface area contributed by atoms with E-state index in [0.717, 1.165) is 28.6 Å². The zero-order valence-electron chi connectivity index (χ0n) is 22.3. The maximum atomic E-state index is 5.28. The van der Waals surface area contributed by atoms with Crippen molar-refractivity contribution in [2.45, 2.75) is 18.9 Å². The van der Waals surface area contributed by atoms with Crippen molar-refractivity contribution in [3.63, 3.8) is 0 Å². The molecule has 4 heterocycles. The molecule has 1 unspecified atom stereocenters. The molecule has 0 bridgehead atoms. The van der Waals surface area contributed by atoms with Crippen molar-refractivity contribution in [3.05, 3.63) is 119 Å². The minimum absolute atomic E-state index is 0.245. The standard InChI is InChI=1S/C37H23N3S/c1-37-20-33-26(25-12-4-7-16-32(25)41-33)19-29(37)27-17-22(24-13-8-10-21-9-2-3-11-23(21)24)18-28-34-36(40(37)35(27)28)39-31-15-6-5-14-30(31)38-34/h2-19H,20H2,1H3. The third-order valence-corrected chi connectivity index (χ3v) is 10.5. The summed E-state index contributed by atoms with van der Waals surface area (Å²) >= 11 is 1.93. The summed E-state index contributed by atoms with van der Waals surface area (Å²) in [7, 11) is 0. The molecule has 8 aromatic rings. The van der Waals surface area contributed by atoms with Gasteiger partial charge >= 0.3 is 0 Å². The summed E-state index contributed by atoms with van der Waals surface area (Å²) in [6.45, 7) is 2.40. The number of hydrogen-bond donors (Lipinski definition) is 0. The van der Waals surface area contributed by atoms with Crippen LogP contribution >= 0.6 is 11.3 Å². The lowest BCUT2D eigenvalue weighted by atomic mass is 9.79. The van der Waals surface area contributed by atoms with Gasteiger partial charge in [0.25, 0.3) is 0 Å². The van der Waals surface area contributed by atoms with Crippen LogP contribution in [-0.2, 0) is 12.0 Å². The maximum absolute atomic E-state index is 5.28. The van der Waals surface area contributed by atoms with Crippen molar-refractivity contribution >= 4 is 76.9 Å². The van der Waals surface area contributed by atoms with Crippen LogP contribution < -0.4 is 0 Å². The monoisotopic (exact) mass is 541 g/mol. The molecule has 3 nitrogen and oxygen atoms in total. The lowest BCUT2D eigenvalue weighted by Gasteiger charge is -2.33. The Morgan fingerprint density at radius 1 is 0.732 bits per heavy atom. The SMILES string of the molecule is CC12Cc3sc4ccccc4c3C=C1c1cc(-c3cccc4ccccc34)cc3c4nc5ccccc5nc4n2c13. The molecule has 10 rings (SSSR count). The number of allylic oxidation sites excluding steroid dienone is 1. The van der Waals surface area contributed by atoms with E-state index >= 15 is 0 Å². The number of nitrogens with zero attached hydrogens (tertiary/aromatic N) is 3. The predicted octanol–water partition coefficient (Wildman–Crippen LogP) is 9.60. The van der Waals surface area contributed by atoms with Crippen molar-refractivity contribution < 1.29 is 0 Å². The molecule has 1 aliphatic heterocycles. The molecule has 5 aromatic carbocycles. The average molecular weight is 542 g/mol. The predicted molar refractivity (Wildman–Crippen MR) is 173 cm³/mol. The van der Waals surface area contributed by atoms with E-state index in [4.69, 9.17) is 9.97 Å². The van der Waals surface area contributed by atoms with E-state index in [1.54, 1.807) is 0 Å². The molecule has 192 valence electrons. The average Bonchev–Trinajstić information content (AvgIpc) is 3.61. The normalized spacial score (nSPS) is 17.5. The molecule has 0 radical (unpaired) electrons. The van der Waals surface area contributed by atoms with E-state index in [0.29, 0.717) is 0 Å². The van der Waals surface area contributed by atoms with Crippen molar-refractivity contribution in [1.29, 1.82) is 0 Å². The summed E-state index contributed by atoms with van der Waals surface area (Å²) in [6, 6.07) is 37.2. The van der Waals surface area contributed by atoms with Gasteiger partial charge in [0.15, 0.2) is 5.65 Å². The van der Waals surface area contributed by atoms with Crippen LogP contribution in [0.15, 0.2) is 103 Å². The first-order valence-electron chi connectivity index (χ1n) is 14.1. The first-order valence-corrected chi connectivity index (χ1v) is 15.0. The van der Waals surface area contributed by atoms with Gasteiger partial charge < -0.3 is 4.57 Å². The number of hydrogen-bond acceptors (Lipinski definition) is 3. The number of benzene rings is 5. The lowest BCUT2D eigenvalue weighted by Crippen LogP contribution is -2.32. The van der Waals surface area contributed by atoms with E-state index in [2.05, 4.69) is 115 Å². The Balaban J connectivity index is 1.37. The van der Waals surface area contributed by atoms with Gasteiger partial charge in [0.05, 0.1) is 22.1 Å². The molecule has 4 heteroatoms. The molecular formula is C37H23N3S. The summed E-state index contributed by atoms with van der Waals surface area (Å²) in [5.74, 6) is 0. The van der Waals surface area contributed by atoms with Crippen LogP contribution in [-0.4, -0.2) is 14.5 Å². The van der Waals surface area contributed by atoms with Crippen LogP contribution in [0.2, 0.25) is 0 Å². The summed E-state index contributed by atoms with van der Waals surface area (Å²) in [6.07, 6.45) is 3.42. The minimum Gasteiger partial charge on any atom is -0.313 e. The lowest BCUT2D eigenvalue weighted by molar-refractivity contribution is 0.462. The van der Waals surface area contributed by atoms with Gasteiger partial charge in [-0.25, -0.2) is 9.97 Å². The molecule has 0 fully saturated rings. The molecule has 1 atom stereocenters. The van der Waals surface area contributed by atoms with Gasteiger partial charge in [-0.1, -0.05) is 72.8 Å². The van der Waals surface area contributed by atoms with Gasteiger partial charge in [0, 0.05) is 26.9 Å². The molecule has 3 aromatic heterocycles. The topological polar surface area (TPSA) is 30.7 Å². The van der Waals surface area contributed by atoms with Crippen LogP contribution in [0.3, 0.4) is 0 Å². The van der Waals surface area contributed by atoms with E-state index in [9.17, 15) is 0 Å². The maximum Gasteiger partial charge on any atom is 0.161 e. The fourth-order valence-electron chi connectivity index (χ4n) is 7.49. The highest BCUT2D eigenvalue weighted by Gasteiger charge is 2.45. The third-order valence-electron chi connectivity index (χ3n) is 9.32. The second-order valence-electron chi connectivity index (χ2n) is 11.6. The summed E-state index contributed by atoms with van der Waals surface area (Å²) in [5.41, 5.74) is 11.4. The van der Waals surface area contributed by atoms with Crippen molar-refractivity contribution in [2.24, 2.45) is 0 Å². The van der Waals surface area contributed by atoms with Gasteiger partial charge in [-0.05, 0) is 81.8 Å². The molecule has 41 heavy (non-hydrogen) atoms. The highest BCUT2D eigenvalue weighted by Crippen LogP contribution is 2.56. The van der Waals surface area contributed by atoms with Gasteiger partial charge in [0.2, 0.25) is 0 Å². The zero-order chi connectivity index (χ0) is 26.9. The van der Waals surface area contributed by atoms with Crippen LogP contribution in [0, 0.1) is 0 Å². The van der Waals surface area contributed by atoms with E-state index < -0.39 is 0 Å². The van der Waals surface area contributed by atoms with Gasteiger partial charge in [-0.15, -0.1) is 11.3 Å². The Bertz CT molecular complexity index is 2470. The first-order chi connectivity index (χ1) is 20.2. The molecule has 0 N–H and O–H groups in total. The van der Waals surface area contributed by atoms with Crippen molar-refractivity contribution in [2.75, 3.05) is 0 Å². The van der Waals surface area contributed by atoms with Gasteiger partial charge in [-0.2, -0.15) is 0 Å². The number of thiophene rings is 1. The van der Waals surface area contributed by atoms with Crippen LogP contribution in [0.1, 0.15) is 22.9 Å². The Kier molecular flexibility index (Phi) is 4.00. The molecular weight excluding hydrogens is 518 g/mol. The number of aromatic nitrogens is 3. The second kappa shape index (κ2) is 7.48. The van der Waals surface area contributed by atoms with Crippen molar-refractivity contribution in [3.8, 4) is 11.1 Å². The Labute approximate surface area is 240 Å². The molecule has 1 aliphatic carbocycles. The Morgan fingerprint density at radius 3 is 2.39 bits per heavy atom.